The normalized spacial score (nSPS) is 39.2. The van der Waals surface area contributed by atoms with Crippen molar-refractivity contribution in [2.24, 2.45) is 29.6 Å². The molecular formula is C13H26. The van der Waals surface area contributed by atoms with Crippen LogP contribution >= 0.6 is 0 Å². The van der Waals surface area contributed by atoms with Crippen LogP contribution < -0.4 is 0 Å². The Morgan fingerprint density at radius 1 is 1.08 bits per heavy atom. The van der Waals surface area contributed by atoms with E-state index in [2.05, 4.69) is 34.6 Å². The lowest BCUT2D eigenvalue weighted by molar-refractivity contribution is -0.0357. The van der Waals surface area contributed by atoms with Crippen molar-refractivity contribution >= 4 is 0 Å². The summed E-state index contributed by atoms with van der Waals surface area (Å²) < 4.78 is 0. The van der Waals surface area contributed by atoms with Crippen LogP contribution in [0.4, 0.5) is 0 Å². The number of hydrogen-bond donors (Lipinski definition) is 0. The third-order valence-corrected chi connectivity index (χ3v) is 4.27. The minimum absolute atomic E-state index is 0.896. The van der Waals surface area contributed by atoms with Crippen LogP contribution in [0.25, 0.3) is 0 Å². The molecule has 0 aromatic rings. The highest BCUT2D eigenvalue weighted by atomic mass is 14.5. The van der Waals surface area contributed by atoms with Crippen molar-refractivity contribution in [1.29, 1.82) is 0 Å². The van der Waals surface area contributed by atoms with E-state index in [1.807, 2.05) is 0 Å². The van der Waals surface area contributed by atoms with E-state index in [1.54, 1.807) is 0 Å². The van der Waals surface area contributed by atoms with Crippen LogP contribution in [0.1, 0.15) is 53.9 Å². The maximum Gasteiger partial charge on any atom is -0.0332 e. The maximum atomic E-state index is 2.45. The zero-order chi connectivity index (χ0) is 10.0. The summed E-state index contributed by atoms with van der Waals surface area (Å²) in [5.41, 5.74) is 0. The van der Waals surface area contributed by atoms with Gasteiger partial charge in [-0.25, -0.2) is 0 Å². The molecule has 0 nitrogen and oxygen atoms in total. The van der Waals surface area contributed by atoms with E-state index in [0.717, 1.165) is 29.6 Å². The molecule has 1 aliphatic rings. The summed E-state index contributed by atoms with van der Waals surface area (Å²) in [6, 6.07) is 0. The predicted octanol–water partition coefficient (Wildman–Crippen LogP) is 4.35. The van der Waals surface area contributed by atoms with Gasteiger partial charge in [0.25, 0.3) is 0 Å². The van der Waals surface area contributed by atoms with Gasteiger partial charge in [0.15, 0.2) is 0 Å². The first kappa shape index (κ1) is 11.1. The zero-order valence-corrected chi connectivity index (χ0v) is 10.0. The number of rotatable bonds is 4. The molecule has 0 aliphatic heterocycles. The fraction of sp³-hybridized carbons (Fsp3) is 1.00. The molecule has 0 amide bonds. The van der Waals surface area contributed by atoms with E-state index in [4.69, 9.17) is 0 Å². The highest BCUT2D eigenvalue weighted by Crippen LogP contribution is 2.51. The molecule has 78 valence electrons. The third kappa shape index (κ3) is 2.08. The summed E-state index contributed by atoms with van der Waals surface area (Å²) in [7, 11) is 0. The summed E-state index contributed by atoms with van der Waals surface area (Å²) in [6.07, 6.45) is 4.28. The van der Waals surface area contributed by atoms with Crippen molar-refractivity contribution in [3.05, 3.63) is 0 Å². The van der Waals surface area contributed by atoms with Gasteiger partial charge in [0.2, 0.25) is 0 Å². The Labute approximate surface area is 84.1 Å². The van der Waals surface area contributed by atoms with Crippen molar-refractivity contribution in [2.45, 2.75) is 53.9 Å². The van der Waals surface area contributed by atoms with Crippen LogP contribution in [0.5, 0.6) is 0 Å². The minimum Gasteiger partial charge on any atom is -0.0654 e. The Balaban J connectivity index is 2.43. The molecule has 0 aromatic heterocycles. The van der Waals surface area contributed by atoms with Crippen LogP contribution in [0.3, 0.4) is 0 Å². The molecule has 0 N–H and O–H groups in total. The van der Waals surface area contributed by atoms with Gasteiger partial charge in [0, 0.05) is 0 Å². The highest BCUT2D eigenvalue weighted by molar-refractivity contribution is 4.93. The van der Waals surface area contributed by atoms with Crippen LogP contribution in [0.2, 0.25) is 0 Å². The highest BCUT2D eigenvalue weighted by Gasteiger charge is 2.45. The van der Waals surface area contributed by atoms with Crippen LogP contribution in [-0.2, 0) is 0 Å². The molecule has 0 radical (unpaired) electrons. The molecule has 1 fully saturated rings. The molecule has 0 spiro atoms. The second kappa shape index (κ2) is 4.48. The molecule has 0 heterocycles. The predicted molar refractivity (Wildman–Crippen MR) is 59.7 cm³/mol. The Morgan fingerprint density at radius 2 is 1.69 bits per heavy atom. The van der Waals surface area contributed by atoms with E-state index in [1.165, 1.54) is 19.3 Å². The second-order valence-corrected chi connectivity index (χ2v) is 5.35. The van der Waals surface area contributed by atoms with E-state index in [0.29, 0.717) is 0 Å². The SMILES string of the molecule is CCCCC1C(C)C(C)C1C(C)C. The fourth-order valence-electron chi connectivity index (χ4n) is 3.33. The summed E-state index contributed by atoms with van der Waals surface area (Å²) in [4.78, 5) is 0. The maximum absolute atomic E-state index is 2.45. The second-order valence-electron chi connectivity index (χ2n) is 5.35. The largest absolute Gasteiger partial charge is 0.0654 e. The molecule has 0 saturated heterocycles. The topological polar surface area (TPSA) is 0 Å². The first-order valence-corrected chi connectivity index (χ1v) is 6.09. The lowest BCUT2D eigenvalue weighted by Gasteiger charge is -2.52. The van der Waals surface area contributed by atoms with Crippen LogP contribution in [-0.4, -0.2) is 0 Å². The average molecular weight is 182 g/mol. The van der Waals surface area contributed by atoms with Gasteiger partial charge in [-0.2, -0.15) is 0 Å². The van der Waals surface area contributed by atoms with Gasteiger partial charge in [-0.1, -0.05) is 47.5 Å². The van der Waals surface area contributed by atoms with Gasteiger partial charge in [-0.3, -0.25) is 0 Å². The fourth-order valence-corrected chi connectivity index (χ4v) is 3.33. The van der Waals surface area contributed by atoms with Gasteiger partial charge in [0.1, 0.15) is 0 Å². The lowest BCUT2D eigenvalue weighted by Crippen LogP contribution is -2.46. The smallest absolute Gasteiger partial charge is 0.0332 e. The molecule has 1 rings (SSSR count). The molecule has 1 aliphatic carbocycles. The van der Waals surface area contributed by atoms with Gasteiger partial charge < -0.3 is 0 Å². The summed E-state index contributed by atoms with van der Waals surface area (Å²) in [6.45, 7) is 12.0. The van der Waals surface area contributed by atoms with Crippen LogP contribution in [0, 0.1) is 29.6 Å². The summed E-state index contributed by atoms with van der Waals surface area (Å²) in [5.74, 6) is 4.91. The molecule has 0 heteroatoms. The molecule has 0 bridgehead atoms. The third-order valence-electron chi connectivity index (χ3n) is 4.27. The van der Waals surface area contributed by atoms with Crippen molar-refractivity contribution in [1.82, 2.24) is 0 Å². The molecule has 1 saturated carbocycles. The Hall–Kier alpha value is 0. The van der Waals surface area contributed by atoms with Crippen molar-refractivity contribution in [3.8, 4) is 0 Å². The molecule has 13 heavy (non-hydrogen) atoms. The zero-order valence-electron chi connectivity index (χ0n) is 10.0. The average Bonchev–Trinajstić information content (AvgIpc) is 2.09. The van der Waals surface area contributed by atoms with Crippen LogP contribution in [0.15, 0.2) is 0 Å². The quantitative estimate of drug-likeness (QED) is 0.606. The molecular weight excluding hydrogens is 156 g/mol. The van der Waals surface area contributed by atoms with Gasteiger partial charge in [-0.15, -0.1) is 0 Å². The number of unbranched alkanes of at least 4 members (excludes halogenated alkanes) is 1. The monoisotopic (exact) mass is 182 g/mol. The minimum atomic E-state index is 0.896. The van der Waals surface area contributed by atoms with E-state index >= 15 is 0 Å². The Bertz CT molecular complexity index is 148. The molecule has 0 aromatic carbocycles. The van der Waals surface area contributed by atoms with E-state index < -0.39 is 0 Å². The van der Waals surface area contributed by atoms with Gasteiger partial charge in [-0.05, 0) is 36.0 Å². The first-order valence-electron chi connectivity index (χ1n) is 6.09. The summed E-state index contributed by atoms with van der Waals surface area (Å²) >= 11 is 0. The Kier molecular flexibility index (Phi) is 3.82. The van der Waals surface area contributed by atoms with Gasteiger partial charge in [0.05, 0.1) is 0 Å². The molecule has 4 atom stereocenters. The van der Waals surface area contributed by atoms with E-state index in [-0.39, 0.29) is 0 Å². The number of hydrogen-bond acceptors (Lipinski definition) is 0. The van der Waals surface area contributed by atoms with Crippen molar-refractivity contribution in [2.75, 3.05) is 0 Å². The van der Waals surface area contributed by atoms with Crippen molar-refractivity contribution in [3.63, 3.8) is 0 Å². The van der Waals surface area contributed by atoms with E-state index in [9.17, 15) is 0 Å². The lowest BCUT2D eigenvalue weighted by atomic mass is 9.53. The standard InChI is InChI=1S/C13H26/c1-6-7-8-12-10(4)11(5)13(12)9(2)3/h9-13H,6-8H2,1-5H3. The Morgan fingerprint density at radius 3 is 2.15 bits per heavy atom. The van der Waals surface area contributed by atoms with Crippen molar-refractivity contribution < 1.29 is 0 Å². The van der Waals surface area contributed by atoms with Gasteiger partial charge >= 0.3 is 0 Å². The molecule has 4 unspecified atom stereocenters. The first-order chi connectivity index (χ1) is 6.09. The summed E-state index contributed by atoms with van der Waals surface area (Å²) in [5, 5.41) is 0.